The van der Waals surface area contributed by atoms with Crippen LogP contribution < -0.4 is 0 Å². The van der Waals surface area contributed by atoms with Crippen LogP contribution in [0, 0.1) is 5.92 Å². The molecule has 3 atom stereocenters. The lowest BCUT2D eigenvalue weighted by Crippen LogP contribution is -2.46. The molecule has 1 aromatic heterocycles. The minimum atomic E-state index is -0.962. The number of carbonyl (C=O) groups is 2. The highest BCUT2D eigenvalue weighted by molar-refractivity contribution is 5.92. The lowest BCUT2D eigenvalue weighted by Gasteiger charge is -2.41. The zero-order valence-corrected chi connectivity index (χ0v) is 13.1. The van der Waals surface area contributed by atoms with Gasteiger partial charge in [-0.05, 0) is 32.4 Å². The largest absolute Gasteiger partial charge is 0.469 e. The van der Waals surface area contributed by atoms with Crippen molar-refractivity contribution in [2.75, 3.05) is 7.11 Å². The molecule has 0 spiro atoms. The van der Waals surface area contributed by atoms with Crippen LogP contribution >= 0.6 is 0 Å². The van der Waals surface area contributed by atoms with Crippen molar-refractivity contribution in [3.63, 3.8) is 0 Å². The second-order valence-corrected chi connectivity index (χ2v) is 6.25. The summed E-state index contributed by atoms with van der Waals surface area (Å²) in [6.07, 6.45) is 0.368. The van der Waals surface area contributed by atoms with Gasteiger partial charge in [-0.25, -0.2) is 4.79 Å². The van der Waals surface area contributed by atoms with Crippen molar-refractivity contribution in [1.29, 1.82) is 0 Å². The number of rotatable bonds is 3. The maximum Gasteiger partial charge on any atom is 0.342 e. The van der Waals surface area contributed by atoms with Crippen LogP contribution in [0.4, 0.5) is 0 Å². The van der Waals surface area contributed by atoms with Gasteiger partial charge in [0.1, 0.15) is 16.9 Å². The lowest BCUT2D eigenvalue weighted by molar-refractivity contribution is -0.149. The third-order valence-electron chi connectivity index (χ3n) is 3.55. The highest BCUT2D eigenvalue weighted by atomic mass is 16.6. The van der Waals surface area contributed by atoms with Gasteiger partial charge in [0, 0.05) is 0 Å². The van der Waals surface area contributed by atoms with Gasteiger partial charge in [0.15, 0.2) is 0 Å². The van der Waals surface area contributed by atoms with E-state index in [1.165, 1.54) is 19.4 Å². The number of methoxy groups -OCH3 is 1. The van der Waals surface area contributed by atoms with Gasteiger partial charge in [0.2, 0.25) is 0 Å². The molecule has 0 saturated heterocycles. The highest BCUT2D eigenvalue weighted by Crippen LogP contribution is 2.48. The Labute approximate surface area is 128 Å². The van der Waals surface area contributed by atoms with Crippen LogP contribution in [0.1, 0.15) is 42.8 Å². The van der Waals surface area contributed by atoms with Crippen molar-refractivity contribution < 1.29 is 28.6 Å². The molecule has 1 aliphatic rings. The minimum absolute atomic E-state index is 0.195. The van der Waals surface area contributed by atoms with Crippen molar-refractivity contribution in [2.24, 2.45) is 5.92 Å². The quantitative estimate of drug-likeness (QED) is 0.679. The van der Waals surface area contributed by atoms with Gasteiger partial charge in [0.05, 0.1) is 31.3 Å². The molecule has 0 radical (unpaired) electrons. The Morgan fingerprint density at radius 2 is 2.00 bits per heavy atom. The summed E-state index contributed by atoms with van der Waals surface area (Å²) in [5.74, 6) is -2.30. The van der Waals surface area contributed by atoms with E-state index in [2.05, 4.69) is 6.58 Å². The lowest BCUT2D eigenvalue weighted by atomic mass is 9.65. The Morgan fingerprint density at radius 3 is 2.55 bits per heavy atom. The average Bonchev–Trinajstić information content (AvgIpc) is 2.89. The molecule has 6 heteroatoms. The van der Waals surface area contributed by atoms with Gasteiger partial charge in [-0.15, -0.1) is 0 Å². The van der Waals surface area contributed by atoms with Crippen LogP contribution in [0.25, 0.3) is 0 Å². The topological polar surface area (TPSA) is 86.0 Å². The van der Waals surface area contributed by atoms with Crippen LogP contribution in [0.3, 0.4) is 0 Å². The summed E-state index contributed by atoms with van der Waals surface area (Å²) in [6, 6.07) is 1.46. The van der Waals surface area contributed by atoms with Crippen LogP contribution in [0.2, 0.25) is 0 Å². The van der Waals surface area contributed by atoms with Gasteiger partial charge >= 0.3 is 11.9 Å². The predicted octanol–water partition coefficient (Wildman–Crippen LogP) is 2.04. The van der Waals surface area contributed by atoms with Gasteiger partial charge in [-0.2, -0.15) is 0 Å². The van der Waals surface area contributed by atoms with Crippen LogP contribution in [0.5, 0.6) is 0 Å². The SMILES string of the molecule is C=C1[C@H](C(=O)OC)[C@@H](c2occc2C(=O)OC(C)(C)C)[C@@H]1O. The van der Waals surface area contributed by atoms with E-state index in [1.54, 1.807) is 20.8 Å². The monoisotopic (exact) mass is 308 g/mol. The standard InChI is InChI=1S/C16H20O6/c1-8-10(15(19)20-5)11(12(8)17)13-9(6-7-21-13)14(18)22-16(2,3)4/h6-7,10-12,17H,1H2,2-5H3/t10-,11+,12+/m0/s1. The Kier molecular flexibility index (Phi) is 4.15. The second-order valence-electron chi connectivity index (χ2n) is 6.25. The molecule has 0 bridgehead atoms. The van der Waals surface area contributed by atoms with E-state index in [0.29, 0.717) is 5.57 Å². The van der Waals surface area contributed by atoms with E-state index in [0.717, 1.165) is 0 Å². The number of ether oxygens (including phenoxy) is 2. The molecule has 2 rings (SSSR count). The smallest absolute Gasteiger partial charge is 0.342 e. The van der Waals surface area contributed by atoms with Gasteiger partial charge in [-0.3, -0.25) is 4.79 Å². The molecule has 1 N–H and O–H groups in total. The first-order valence-electron chi connectivity index (χ1n) is 6.92. The molecule has 1 heterocycles. The summed E-state index contributed by atoms with van der Waals surface area (Å²) in [7, 11) is 1.26. The molecule has 0 aromatic carbocycles. The molecule has 22 heavy (non-hydrogen) atoms. The number of carbonyl (C=O) groups excluding carboxylic acids is 2. The first-order valence-corrected chi connectivity index (χ1v) is 6.92. The van der Waals surface area contributed by atoms with Gasteiger partial charge < -0.3 is 19.0 Å². The Balaban J connectivity index is 2.30. The summed E-state index contributed by atoms with van der Waals surface area (Å²) in [5.41, 5.74) is -0.112. The molecule has 1 fully saturated rings. The number of hydrogen-bond acceptors (Lipinski definition) is 6. The van der Waals surface area contributed by atoms with E-state index in [1.807, 2.05) is 0 Å². The molecule has 1 aromatic rings. The van der Waals surface area contributed by atoms with Crippen LogP contribution in [-0.2, 0) is 14.3 Å². The van der Waals surface area contributed by atoms with Gasteiger partial charge in [0.25, 0.3) is 0 Å². The van der Waals surface area contributed by atoms with E-state index in [-0.39, 0.29) is 11.3 Å². The molecule has 0 amide bonds. The maximum absolute atomic E-state index is 12.2. The van der Waals surface area contributed by atoms with E-state index in [9.17, 15) is 14.7 Å². The third kappa shape index (κ3) is 2.78. The number of furan rings is 1. The molecule has 120 valence electrons. The Morgan fingerprint density at radius 1 is 1.36 bits per heavy atom. The maximum atomic E-state index is 12.2. The summed E-state index contributed by atoms with van der Waals surface area (Å²) >= 11 is 0. The Bertz CT molecular complexity index is 598. The molecule has 0 aliphatic heterocycles. The first kappa shape index (κ1) is 16.3. The number of esters is 2. The summed E-state index contributed by atoms with van der Waals surface area (Å²) in [6.45, 7) is 8.93. The van der Waals surface area contributed by atoms with Crippen molar-refractivity contribution >= 4 is 11.9 Å². The zero-order chi connectivity index (χ0) is 16.7. The molecule has 1 saturated carbocycles. The molecule has 6 nitrogen and oxygen atoms in total. The summed E-state index contributed by atoms with van der Waals surface area (Å²) < 4.78 is 15.4. The zero-order valence-electron chi connectivity index (χ0n) is 13.1. The van der Waals surface area contributed by atoms with Crippen LogP contribution in [0.15, 0.2) is 28.9 Å². The predicted molar refractivity (Wildman–Crippen MR) is 77.3 cm³/mol. The number of aliphatic hydroxyl groups excluding tert-OH is 1. The van der Waals surface area contributed by atoms with Crippen LogP contribution in [-0.4, -0.2) is 35.9 Å². The first-order chi connectivity index (χ1) is 10.2. The fraction of sp³-hybridized carbons (Fsp3) is 0.500. The third-order valence-corrected chi connectivity index (χ3v) is 3.55. The molecular weight excluding hydrogens is 288 g/mol. The van der Waals surface area contributed by atoms with Gasteiger partial charge in [-0.1, -0.05) is 6.58 Å². The minimum Gasteiger partial charge on any atom is -0.469 e. The van der Waals surface area contributed by atoms with E-state index in [4.69, 9.17) is 13.9 Å². The van der Waals surface area contributed by atoms with E-state index < -0.39 is 35.5 Å². The fourth-order valence-electron chi connectivity index (χ4n) is 2.51. The Hall–Kier alpha value is -2.08. The van der Waals surface area contributed by atoms with Crippen molar-refractivity contribution in [1.82, 2.24) is 0 Å². The summed E-state index contributed by atoms with van der Waals surface area (Å²) in [4.78, 5) is 24.0. The highest BCUT2D eigenvalue weighted by Gasteiger charge is 2.52. The number of aliphatic hydroxyl groups is 1. The molecular formula is C16H20O6. The molecule has 0 unspecified atom stereocenters. The van der Waals surface area contributed by atoms with Crippen molar-refractivity contribution in [2.45, 2.75) is 38.4 Å². The normalized spacial score (nSPS) is 24.6. The van der Waals surface area contributed by atoms with Crippen molar-refractivity contribution in [3.8, 4) is 0 Å². The second kappa shape index (κ2) is 5.61. The molecule has 1 aliphatic carbocycles. The van der Waals surface area contributed by atoms with E-state index >= 15 is 0 Å². The number of hydrogen-bond donors (Lipinski definition) is 1. The fourth-order valence-corrected chi connectivity index (χ4v) is 2.51. The summed E-state index contributed by atoms with van der Waals surface area (Å²) in [5, 5.41) is 10.1. The average molecular weight is 308 g/mol. The van der Waals surface area contributed by atoms with Crippen molar-refractivity contribution in [3.05, 3.63) is 35.8 Å².